The SMILES string of the molecule is CCOC(=O)C=C1CC(C(C)C)CCc2nc(CC)n(Cc3ccc(-c4ccccc4-n4cnnn4)cc3)c21. The zero-order valence-corrected chi connectivity index (χ0v) is 23.2. The minimum absolute atomic E-state index is 0.278. The second-order valence-electron chi connectivity index (χ2n) is 10.4. The predicted octanol–water partition coefficient (Wildman–Crippen LogP) is 5.69. The molecule has 0 spiro atoms. The van der Waals surface area contributed by atoms with Gasteiger partial charge < -0.3 is 9.30 Å². The van der Waals surface area contributed by atoms with Gasteiger partial charge in [-0.3, -0.25) is 0 Å². The summed E-state index contributed by atoms with van der Waals surface area (Å²) in [6.45, 7) is 9.57. The van der Waals surface area contributed by atoms with Crippen molar-refractivity contribution in [2.45, 2.75) is 59.9 Å². The first-order valence-corrected chi connectivity index (χ1v) is 13.9. The molecule has 2 aromatic carbocycles. The van der Waals surface area contributed by atoms with E-state index in [-0.39, 0.29) is 5.97 Å². The van der Waals surface area contributed by atoms with E-state index in [9.17, 15) is 4.79 Å². The van der Waals surface area contributed by atoms with Gasteiger partial charge in [0, 0.05) is 24.6 Å². The Kier molecular flexibility index (Phi) is 8.00. The summed E-state index contributed by atoms with van der Waals surface area (Å²) in [4.78, 5) is 17.7. The molecule has 8 nitrogen and oxygen atoms in total. The number of fused-ring (bicyclic) bond motifs is 1. The number of benzene rings is 2. The van der Waals surface area contributed by atoms with Gasteiger partial charge in [-0.05, 0) is 71.2 Å². The number of tetrazole rings is 1. The van der Waals surface area contributed by atoms with Crippen LogP contribution in [0.15, 0.2) is 60.9 Å². The van der Waals surface area contributed by atoms with Crippen LogP contribution in [0.25, 0.3) is 22.4 Å². The number of hydrogen-bond donors (Lipinski definition) is 0. The number of aromatic nitrogens is 6. The number of ether oxygens (including phenoxy) is 1. The van der Waals surface area contributed by atoms with Gasteiger partial charge in [-0.2, -0.15) is 4.68 Å². The van der Waals surface area contributed by atoms with Gasteiger partial charge >= 0.3 is 5.97 Å². The number of esters is 1. The van der Waals surface area contributed by atoms with Gasteiger partial charge in [-0.1, -0.05) is 63.2 Å². The Bertz CT molecular complexity index is 1450. The summed E-state index contributed by atoms with van der Waals surface area (Å²) in [5.74, 6) is 1.80. The number of allylic oxidation sites excluding steroid dienone is 1. The van der Waals surface area contributed by atoms with E-state index in [1.807, 2.05) is 25.1 Å². The summed E-state index contributed by atoms with van der Waals surface area (Å²) in [7, 11) is 0. The molecule has 2 aromatic heterocycles. The number of hydrogen-bond acceptors (Lipinski definition) is 6. The first-order chi connectivity index (χ1) is 19.0. The van der Waals surface area contributed by atoms with E-state index in [2.05, 4.69) is 71.2 Å². The van der Waals surface area contributed by atoms with Crippen molar-refractivity contribution in [3.8, 4) is 16.8 Å². The van der Waals surface area contributed by atoms with E-state index < -0.39 is 0 Å². The molecule has 0 amide bonds. The lowest BCUT2D eigenvalue weighted by Crippen LogP contribution is -2.12. The van der Waals surface area contributed by atoms with Crippen molar-refractivity contribution in [2.75, 3.05) is 6.61 Å². The Morgan fingerprint density at radius 2 is 1.92 bits per heavy atom. The third kappa shape index (κ3) is 5.70. The van der Waals surface area contributed by atoms with E-state index >= 15 is 0 Å². The van der Waals surface area contributed by atoms with Crippen molar-refractivity contribution in [2.24, 2.45) is 11.8 Å². The van der Waals surface area contributed by atoms with E-state index in [1.165, 1.54) is 5.56 Å². The van der Waals surface area contributed by atoms with Crippen molar-refractivity contribution < 1.29 is 9.53 Å². The molecule has 0 bridgehead atoms. The molecule has 0 radical (unpaired) electrons. The number of nitrogens with zero attached hydrogens (tertiary/aromatic N) is 6. The number of carbonyl (C=O) groups is 1. The highest BCUT2D eigenvalue weighted by atomic mass is 16.5. The van der Waals surface area contributed by atoms with Gasteiger partial charge in [0.15, 0.2) is 0 Å². The molecule has 39 heavy (non-hydrogen) atoms. The molecule has 4 aromatic rings. The first-order valence-electron chi connectivity index (χ1n) is 13.9. The van der Waals surface area contributed by atoms with Crippen LogP contribution in [0.5, 0.6) is 0 Å². The third-order valence-electron chi connectivity index (χ3n) is 7.60. The number of rotatable bonds is 8. The normalized spacial score (nSPS) is 16.3. The summed E-state index contributed by atoms with van der Waals surface area (Å²) in [5.41, 5.74) is 7.48. The molecule has 1 atom stereocenters. The fourth-order valence-electron chi connectivity index (χ4n) is 5.51. The van der Waals surface area contributed by atoms with Crippen LogP contribution in [0, 0.1) is 11.8 Å². The van der Waals surface area contributed by atoms with Crippen molar-refractivity contribution in [3.05, 3.63) is 83.7 Å². The van der Waals surface area contributed by atoms with Gasteiger partial charge in [-0.15, -0.1) is 5.10 Å². The molecule has 1 unspecified atom stereocenters. The standard InChI is InChI=1S/C31H36N6O2/c1-5-29-33-27-16-15-24(21(3)4)17-25(18-30(38)39-6-2)31(27)36(29)19-22-11-13-23(14-12-22)26-9-7-8-10-28(26)37-20-32-34-35-37/h7-14,18,20-21,24H,5-6,15-17,19H2,1-4H3. The van der Waals surface area contributed by atoms with Crippen LogP contribution in [-0.2, 0) is 28.9 Å². The van der Waals surface area contributed by atoms with Crippen LogP contribution >= 0.6 is 0 Å². The van der Waals surface area contributed by atoms with Crippen LogP contribution in [0.4, 0.5) is 0 Å². The van der Waals surface area contributed by atoms with Crippen molar-refractivity contribution in [1.29, 1.82) is 0 Å². The molecule has 0 saturated carbocycles. The Hall–Kier alpha value is -4.07. The number of carbonyl (C=O) groups excluding carboxylic acids is 1. The molecule has 0 saturated heterocycles. The molecule has 1 aliphatic rings. The predicted molar refractivity (Wildman–Crippen MR) is 151 cm³/mol. The van der Waals surface area contributed by atoms with E-state index in [0.29, 0.717) is 25.0 Å². The average Bonchev–Trinajstić information content (AvgIpc) is 3.55. The lowest BCUT2D eigenvalue weighted by molar-refractivity contribution is -0.137. The molecule has 8 heteroatoms. The van der Waals surface area contributed by atoms with E-state index in [1.54, 1.807) is 17.1 Å². The van der Waals surface area contributed by atoms with Crippen LogP contribution in [0.3, 0.4) is 0 Å². The molecule has 0 N–H and O–H groups in total. The molecular formula is C31H36N6O2. The highest BCUT2D eigenvalue weighted by Crippen LogP contribution is 2.37. The van der Waals surface area contributed by atoms with Gasteiger partial charge in [0.05, 0.1) is 23.7 Å². The third-order valence-corrected chi connectivity index (χ3v) is 7.60. The molecule has 0 fully saturated rings. The average molecular weight is 525 g/mol. The topological polar surface area (TPSA) is 87.7 Å². The van der Waals surface area contributed by atoms with Gasteiger partial charge in [0.1, 0.15) is 12.2 Å². The summed E-state index contributed by atoms with van der Waals surface area (Å²) in [5, 5.41) is 11.6. The minimum atomic E-state index is -0.278. The maximum absolute atomic E-state index is 12.6. The number of imidazole rings is 1. The second-order valence-corrected chi connectivity index (χ2v) is 10.4. The van der Waals surface area contributed by atoms with Gasteiger partial charge in [-0.25, -0.2) is 9.78 Å². The fraction of sp³-hybridized carbons (Fsp3) is 0.387. The number of para-hydroxylation sites is 1. The smallest absolute Gasteiger partial charge is 0.331 e. The summed E-state index contributed by atoms with van der Waals surface area (Å²) in [6, 6.07) is 16.7. The first kappa shape index (κ1) is 26.5. The van der Waals surface area contributed by atoms with Crippen molar-refractivity contribution in [1.82, 2.24) is 29.8 Å². The summed E-state index contributed by atoms with van der Waals surface area (Å²) >= 11 is 0. The second kappa shape index (κ2) is 11.8. The van der Waals surface area contributed by atoms with Gasteiger partial charge in [0.25, 0.3) is 0 Å². The molecule has 1 aliphatic carbocycles. The number of aryl methyl sites for hydroxylation is 2. The fourth-order valence-corrected chi connectivity index (χ4v) is 5.51. The molecule has 2 heterocycles. The van der Waals surface area contributed by atoms with Crippen LogP contribution in [0.1, 0.15) is 63.3 Å². The van der Waals surface area contributed by atoms with Gasteiger partial charge in [0.2, 0.25) is 0 Å². The van der Waals surface area contributed by atoms with Crippen LogP contribution < -0.4 is 0 Å². The quantitative estimate of drug-likeness (QED) is 0.167. The monoisotopic (exact) mass is 524 g/mol. The zero-order valence-electron chi connectivity index (χ0n) is 23.2. The lowest BCUT2D eigenvalue weighted by Gasteiger charge is -2.20. The lowest BCUT2D eigenvalue weighted by atomic mass is 9.87. The van der Waals surface area contributed by atoms with Crippen LogP contribution in [0.2, 0.25) is 0 Å². The van der Waals surface area contributed by atoms with Crippen molar-refractivity contribution >= 4 is 11.5 Å². The molecule has 202 valence electrons. The molecule has 0 aliphatic heterocycles. The van der Waals surface area contributed by atoms with Crippen LogP contribution in [-0.4, -0.2) is 42.3 Å². The Labute approximate surface area is 229 Å². The maximum Gasteiger partial charge on any atom is 0.331 e. The summed E-state index contributed by atoms with van der Waals surface area (Å²) in [6.07, 6.45) is 6.98. The highest BCUT2D eigenvalue weighted by Gasteiger charge is 2.28. The summed E-state index contributed by atoms with van der Waals surface area (Å²) < 4.78 is 9.31. The highest BCUT2D eigenvalue weighted by molar-refractivity contribution is 5.91. The molecular weight excluding hydrogens is 488 g/mol. The van der Waals surface area contributed by atoms with E-state index in [0.717, 1.165) is 65.3 Å². The van der Waals surface area contributed by atoms with Crippen molar-refractivity contribution in [3.63, 3.8) is 0 Å². The minimum Gasteiger partial charge on any atom is -0.463 e. The molecule has 5 rings (SSSR count). The Morgan fingerprint density at radius 3 is 2.62 bits per heavy atom. The largest absolute Gasteiger partial charge is 0.463 e. The zero-order chi connectivity index (χ0) is 27.4. The Balaban J connectivity index is 1.50. The Morgan fingerprint density at radius 1 is 1.13 bits per heavy atom. The van der Waals surface area contributed by atoms with E-state index in [4.69, 9.17) is 9.72 Å². The maximum atomic E-state index is 12.6.